The van der Waals surface area contributed by atoms with Gasteiger partial charge in [0, 0.05) is 10.6 Å². The first-order valence-electron chi connectivity index (χ1n) is 4.06. The lowest BCUT2D eigenvalue weighted by atomic mass is 10.2. The first-order valence-corrected chi connectivity index (χ1v) is 4.51. The number of H-pyrrole nitrogens is 1. The molecule has 0 amide bonds. The van der Waals surface area contributed by atoms with Crippen molar-refractivity contribution >= 4 is 12.6 Å². The third-order valence-corrected chi connectivity index (χ3v) is 2.11. The zero-order valence-electron chi connectivity index (χ0n) is 7.54. The number of aromatic amines is 1. The van der Waals surface area contributed by atoms with E-state index in [1.54, 1.807) is 6.20 Å². The van der Waals surface area contributed by atoms with Crippen LogP contribution in [-0.2, 0) is 6.42 Å². The molecule has 0 aromatic carbocycles. The molecular formula is C8H15N3S. The lowest BCUT2D eigenvalue weighted by molar-refractivity contribution is 0.399. The molecule has 12 heavy (non-hydrogen) atoms. The second-order valence-electron chi connectivity index (χ2n) is 3.14. The van der Waals surface area contributed by atoms with Crippen molar-refractivity contribution in [1.29, 1.82) is 0 Å². The van der Waals surface area contributed by atoms with E-state index < -0.39 is 0 Å². The average molecular weight is 185 g/mol. The van der Waals surface area contributed by atoms with E-state index in [0.29, 0.717) is 0 Å². The Morgan fingerprint density at radius 3 is 2.83 bits per heavy atom. The van der Waals surface area contributed by atoms with E-state index in [-0.39, 0.29) is 0 Å². The molecule has 4 heteroatoms. The number of thiol groups is 1. The van der Waals surface area contributed by atoms with Gasteiger partial charge in [-0.05, 0) is 33.5 Å². The van der Waals surface area contributed by atoms with Crippen LogP contribution in [0.4, 0.5) is 0 Å². The summed E-state index contributed by atoms with van der Waals surface area (Å²) in [5, 5.41) is 6.84. The largest absolute Gasteiger partial charge is 0.309 e. The van der Waals surface area contributed by atoms with Crippen LogP contribution in [-0.4, -0.2) is 35.7 Å². The highest BCUT2D eigenvalue weighted by molar-refractivity contribution is 7.80. The van der Waals surface area contributed by atoms with Gasteiger partial charge in [0.2, 0.25) is 0 Å². The summed E-state index contributed by atoms with van der Waals surface area (Å²) in [6.07, 6.45) is 3.91. The lowest BCUT2D eigenvalue weighted by Crippen LogP contribution is -2.13. The summed E-state index contributed by atoms with van der Waals surface area (Å²) in [6, 6.07) is 0. The molecule has 0 atom stereocenters. The van der Waals surface area contributed by atoms with E-state index in [2.05, 4.69) is 41.8 Å². The zero-order chi connectivity index (χ0) is 8.97. The first-order chi connectivity index (χ1) is 5.70. The van der Waals surface area contributed by atoms with Crippen LogP contribution in [0.25, 0.3) is 0 Å². The molecule has 0 spiro atoms. The lowest BCUT2D eigenvalue weighted by Gasteiger charge is -2.07. The topological polar surface area (TPSA) is 31.9 Å². The molecule has 3 nitrogen and oxygen atoms in total. The van der Waals surface area contributed by atoms with E-state index in [0.717, 1.165) is 30.0 Å². The molecule has 1 aromatic heterocycles. The minimum absolute atomic E-state index is 0.966. The molecule has 68 valence electrons. The Balaban J connectivity index is 2.29. The van der Waals surface area contributed by atoms with Crippen LogP contribution in [0.5, 0.6) is 0 Å². The Hall–Kier alpha value is -0.480. The molecule has 0 saturated heterocycles. The predicted octanol–water partition coefficient (Wildman–Crippen LogP) is 1.19. The van der Waals surface area contributed by atoms with Gasteiger partial charge < -0.3 is 4.90 Å². The molecule has 1 rings (SSSR count). The molecular weight excluding hydrogens is 170 g/mol. The van der Waals surface area contributed by atoms with Gasteiger partial charge >= 0.3 is 0 Å². The fourth-order valence-corrected chi connectivity index (χ4v) is 1.28. The molecule has 0 unspecified atom stereocenters. The van der Waals surface area contributed by atoms with E-state index in [4.69, 9.17) is 0 Å². The summed E-state index contributed by atoms with van der Waals surface area (Å²) < 4.78 is 0. The molecule has 0 saturated carbocycles. The van der Waals surface area contributed by atoms with Crippen LogP contribution >= 0.6 is 12.6 Å². The minimum Gasteiger partial charge on any atom is -0.309 e. The number of aromatic nitrogens is 2. The highest BCUT2D eigenvalue weighted by Gasteiger charge is 2.00. The third kappa shape index (κ3) is 2.87. The number of hydrogen-bond acceptors (Lipinski definition) is 3. The maximum atomic E-state index is 4.27. The summed E-state index contributed by atoms with van der Waals surface area (Å²) in [5.41, 5.74) is 1.14. The second kappa shape index (κ2) is 4.52. The fraction of sp³-hybridized carbons (Fsp3) is 0.625. The van der Waals surface area contributed by atoms with Gasteiger partial charge in [-0.15, -0.1) is 12.6 Å². The summed E-state index contributed by atoms with van der Waals surface area (Å²) in [6.45, 7) is 1.10. The monoisotopic (exact) mass is 185 g/mol. The summed E-state index contributed by atoms with van der Waals surface area (Å²) in [4.78, 5) is 3.14. The Morgan fingerprint density at radius 2 is 2.33 bits per heavy atom. The fourth-order valence-electron chi connectivity index (χ4n) is 1.06. The Morgan fingerprint density at radius 1 is 1.58 bits per heavy atom. The van der Waals surface area contributed by atoms with E-state index >= 15 is 0 Å². The van der Waals surface area contributed by atoms with Crippen LogP contribution < -0.4 is 0 Å². The third-order valence-electron chi connectivity index (χ3n) is 1.73. The normalized spacial score (nSPS) is 11.0. The number of rotatable bonds is 4. The summed E-state index contributed by atoms with van der Waals surface area (Å²) >= 11 is 4.27. The standard InChI is InChI=1S/C8H15N3S/c1-11(2)5-3-4-7-8(12)6-9-10-7/h6,12H,3-5H2,1-2H3,(H,9,10). The van der Waals surface area contributed by atoms with Gasteiger partial charge in [0.1, 0.15) is 0 Å². The van der Waals surface area contributed by atoms with Crippen molar-refractivity contribution in [2.75, 3.05) is 20.6 Å². The minimum atomic E-state index is 0.966. The number of nitrogens with zero attached hydrogens (tertiary/aromatic N) is 2. The van der Waals surface area contributed by atoms with E-state index in [9.17, 15) is 0 Å². The predicted molar refractivity (Wildman–Crippen MR) is 52.7 cm³/mol. The van der Waals surface area contributed by atoms with Gasteiger partial charge in [-0.2, -0.15) is 5.10 Å². The Labute approximate surface area is 78.6 Å². The molecule has 1 heterocycles. The van der Waals surface area contributed by atoms with Crippen molar-refractivity contribution in [2.24, 2.45) is 0 Å². The summed E-state index contributed by atoms with van der Waals surface area (Å²) in [5.74, 6) is 0. The van der Waals surface area contributed by atoms with Gasteiger partial charge in [0.25, 0.3) is 0 Å². The van der Waals surface area contributed by atoms with Crippen molar-refractivity contribution in [1.82, 2.24) is 15.1 Å². The summed E-state index contributed by atoms with van der Waals surface area (Å²) in [7, 11) is 4.16. The number of aryl methyl sites for hydroxylation is 1. The van der Waals surface area contributed by atoms with Crippen molar-refractivity contribution in [3.05, 3.63) is 11.9 Å². The van der Waals surface area contributed by atoms with Crippen LogP contribution in [0.1, 0.15) is 12.1 Å². The SMILES string of the molecule is CN(C)CCCc1[nH]ncc1S. The van der Waals surface area contributed by atoms with Crippen molar-refractivity contribution in [3.8, 4) is 0 Å². The van der Waals surface area contributed by atoms with Crippen LogP contribution in [0.2, 0.25) is 0 Å². The smallest absolute Gasteiger partial charge is 0.0623 e. The van der Waals surface area contributed by atoms with Crippen molar-refractivity contribution in [3.63, 3.8) is 0 Å². The van der Waals surface area contributed by atoms with Gasteiger partial charge in [-0.25, -0.2) is 0 Å². The molecule has 0 aliphatic carbocycles. The average Bonchev–Trinajstić information content (AvgIpc) is 2.36. The van der Waals surface area contributed by atoms with Crippen LogP contribution in [0.3, 0.4) is 0 Å². The molecule has 0 fully saturated rings. The quantitative estimate of drug-likeness (QED) is 0.691. The van der Waals surface area contributed by atoms with Crippen LogP contribution in [0, 0.1) is 0 Å². The van der Waals surface area contributed by atoms with Crippen LogP contribution in [0.15, 0.2) is 11.1 Å². The van der Waals surface area contributed by atoms with Crippen molar-refractivity contribution < 1.29 is 0 Å². The van der Waals surface area contributed by atoms with E-state index in [1.165, 1.54) is 0 Å². The molecule has 0 aliphatic rings. The number of nitrogens with one attached hydrogen (secondary N) is 1. The zero-order valence-corrected chi connectivity index (χ0v) is 8.43. The molecule has 1 N–H and O–H groups in total. The second-order valence-corrected chi connectivity index (χ2v) is 3.62. The highest BCUT2D eigenvalue weighted by Crippen LogP contribution is 2.10. The van der Waals surface area contributed by atoms with Gasteiger partial charge in [-0.3, -0.25) is 5.10 Å². The Bertz CT molecular complexity index is 232. The maximum absolute atomic E-state index is 4.27. The first kappa shape index (κ1) is 9.61. The van der Waals surface area contributed by atoms with Gasteiger partial charge in [0.05, 0.1) is 6.20 Å². The van der Waals surface area contributed by atoms with Gasteiger partial charge in [0.15, 0.2) is 0 Å². The number of hydrogen-bond donors (Lipinski definition) is 2. The van der Waals surface area contributed by atoms with E-state index in [1.807, 2.05) is 0 Å². The molecule has 1 aromatic rings. The molecule has 0 aliphatic heterocycles. The molecule has 0 radical (unpaired) electrons. The maximum Gasteiger partial charge on any atom is 0.0623 e. The van der Waals surface area contributed by atoms with Gasteiger partial charge in [-0.1, -0.05) is 0 Å². The Kier molecular flexibility index (Phi) is 3.62. The highest BCUT2D eigenvalue weighted by atomic mass is 32.1. The van der Waals surface area contributed by atoms with Crippen molar-refractivity contribution in [2.45, 2.75) is 17.7 Å². The molecule has 0 bridgehead atoms.